The summed E-state index contributed by atoms with van der Waals surface area (Å²) in [6, 6.07) is 7.48. The summed E-state index contributed by atoms with van der Waals surface area (Å²) in [6.07, 6.45) is 1.59. The van der Waals surface area contributed by atoms with E-state index in [-0.39, 0.29) is 0 Å². The Bertz CT molecular complexity index is 284. The standard InChI is InChI=1S/C10H12N2O/c1-4-12(11-2)9-5-7-10(13-3)8-6-9/h4-8H,1-2H2,3H3. The van der Waals surface area contributed by atoms with Crippen LogP contribution in [0.15, 0.2) is 42.1 Å². The van der Waals surface area contributed by atoms with E-state index >= 15 is 0 Å². The van der Waals surface area contributed by atoms with Crippen molar-refractivity contribution >= 4 is 12.4 Å². The highest BCUT2D eigenvalue weighted by Crippen LogP contribution is 2.19. The van der Waals surface area contributed by atoms with Gasteiger partial charge in [0.25, 0.3) is 0 Å². The molecule has 0 bridgehead atoms. The molecule has 0 aliphatic rings. The molecule has 0 saturated carbocycles. The van der Waals surface area contributed by atoms with Crippen molar-refractivity contribution in [2.24, 2.45) is 5.10 Å². The zero-order valence-electron chi connectivity index (χ0n) is 7.60. The summed E-state index contributed by atoms with van der Waals surface area (Å²) < 4.78 is 5.03. The molecule has 0 aliphatic heterocycles. The second-order valence-electron chi connectivity index (χ2n) is 2.37. The van der Waals surface area contributed by atoms with E-state index in [2.05, 4.69) is 18.4 Å². The first-order valence-corrected chi connectivity index (χ1v) is 3.84. The number of anilines is 1. The van der Waals surface area contributed by atoms with Crippen LogP contribution < -0.4 is 9.75 Å². The average molecular weight is 176 g/mol. The molecular weight excluding hydrogens is 164 g/mol. The van der Waals surface area contributed by atoms with Crippen LogP contribution in [-0.4, -0.2) is 13.8 Å². The summed E-state index contributed by atoms with van der Waals surface area (Å²) in [5.41, 5.74) is 0.908. The minimum absolute atomic E-state index is 0.817. The van der Waals surface area contributed by atoms with E-state index in [4.69, 9.17) is 4.74 Å². The van der Waals surface area contributed by atoms with Crippen molar-refractivity contribution in [1.82, 2.24) is 0 Å². The highest BCUT2D eigenvalue weighted by molar-refractivity contribution is 5.51. The molecule has 13 heavy (non-hydrogen) atoms. The number of ether oxygens (including phenoxy) is 1. The van der Waals surface area contributed by atoms with E-state index in [9.17, 15) is 0 Å². The molecule has 0 heterocycles. The van der Waals surface area contributed by atoms with Crippen LogP contribution in [0.25, 0.3) is 0 Å². The van der Waals surface area contributed by atoms with Crippen molar-refractivity contribution in [3.8, 4) is 5.75 Å². The van der Waals surface area contributed by atoms with E-state index < -0.39 is 0 Å². The van der Waals surface area contributed by atoms with Crippen LogP contribution in [-0.2, 0) is 0 Å². The number of hydrazone groups is 1. The van der Waals surface area contributed by atoms with Gasteiger partial charge in [-0.2, -0.15) is 5.10 Å². The van der Waals surface area contributed by atoms with Gasteiger partial charge in [-0.1, -0.05) is 6.58 Å². The second-order valence-corrected chi connectivity index (χ2v) is 2.37. The molecule has 1 aromatic rings. The summed E-state index contributed by atoms with van der Waals surface area (Å²) in [5, 5.41) is 5.34. The van der Waals surface area contributed by atoms with Crippen LogP contribution >= 0.6 is 0 Å². The van der Waals surface area contributed by atoms with Gasteiger partial charge in [-0.05, 0) is 24.3 Å². The molecule has 1 aromatic carbocycles. The molecular formula is C10H12N2O. The fourth-order valence-corrected chi connectivity index (χ4v) is 0.980. The van der Waals surface area contributed by atoms with Gasteiger partial charge in [0.05, 0.1) is 12.8 Å². The molecule has 3 nitrogen and oxygen atoms in total. The van der Waals surface area contributed by atoms with Crippen LogP contribution in [0, 0.1) is 0 Å². The van der Waals surface area contributed by atoms with Crippen molar-refractivity contribution < 1.29 is 4.74 Å². The summed E-state index contributed by atoms with van der Waals surface area (Å²) in [6.45, 7) is 7.04. The fourth-order valence-electron chi connectivity index (χ4n) is 0.980. The van der Waals surface area contributed by atoms with Gasteiger partial charge < -0.3 is 4.74 Å². The quantitative estimate of drug-likeness (QED) is 0.519. The fraction of sp³-hybridized carbons (Fsp3) is 0.100. The molecule has 0 fully saturated rings. The monoisotopic (exact) mass is 176 g/mol. The van der Waals surface area contributed by atoms with E-state index in [0.29, 0.717) is 0 Å². The molecule has 0 radical (unpaired) electrons. The van der Waals surface area contributed by atoms with Gasteiger partial charge in [0.2, 0.25) is 0 Å². The zero-order chi connectivity index (χ0) is 9.68. The molecule has 1 rings (SSSR count). The molecule has 0 aliphatic carbocycles. The van der Waals surface area contributed by atoms with E-state index in [1.807, 2.05) is 24.3 Å². The number of hydrogen-bond acceptors (Lipinski definition) is 3. The summed E-state index contributed by atoms with van der Waals surface area (Å²) >= 11 is 0. The molecule has 0 unspecified atom stereocenters. The van der Waals surface area contributed by atoms with Crippen LogP contribution in [0.3, 0.4) is 0 Å². The molecule has 0 amide bonds. The smallest absolute Gasteiger partial charge is 0.119 e. The average Bonchev–Trinajstić information content (AvgIpc) is 2.21. The first-order chi connectivity index (χ1) is 6.31. The van der Waals surface area contributed by atoms with Gasteiger partial charge in [-0.25, -0.2) is 5.01 Å². The SMILES string of the molecule is C=CN(N=C)c1ccc(OC)cc1. The minimum Gasteiger partial charge on any atom is -0.497 e. The van der Waals surface area contributed by atoms with Crippen molar-refractivity contribution in [1.29, 1.82) is 0 Å². The normalized spacial score (nSPS) is 9.00. The first kappa shape index (κ1) is 9.32. The number of hydrogen-bond donors (Lipinski definition) is 0. The number of methoxy groups -OCH3 is 1. The van der Waals surface area contributed by atoms with E-state index in [1.54, 1.807) is 18.3 Å². The summed E-state index contributed by atoms with van der Waals surface area (Å²) in [4.78, 5) is 0. The van der Waals surface area contributed by atoms with Gasteiger partial charge in [0.1, 0.15) is 5.75 Å². The maximum absolute atomic E-state index is 5.03. The Balaban J connectivity index is 2.90. The Morgan fingerprint density at radius 2 is 2.00 bits per heavy atom. The Morgan fingerprint density at radius 1 is 1.38 bits per heavy atom. The molecule has 0 spiro atoms. The lowest BCUT2D eigenvalue weighted by molar-refractivity contribution is 0.415. The lowest BCUT2D eigenvalue weighted by atomic mass is 10.3. The van der Waals surface area contributed by atoms with Crippen molar-refractivity contribution in [2.45, 2.75) is 0 Å². The second kappa shape index (κ2) is 4.30. The van der Waals surface area contributed by atoms with Crippen LogP contribution in [0.5, 0.6) is 5.75 Å². The lowest BCUT2D eigenvalue weighted by Crippen LogP contribution is -2.04. The van der Waals surface area contributed by atoms with Crippen molar-refractivity contribution in [2.75, 3.05) is 12.1 Å². The summed E-state index contributed by atoms with van der Waals surface area (Å²) in [5.74, 6) is 0.817. The van der Waals surface area contributed by atoms with Gasteiger partial charge in [0.15, 0.2) is 0 Å². The van der Waals surface area contributed by atoms with Gasteiger partial charge in [-0.15, -0.1) is 0 Å². The number of benzene rings is 1. The van der Waals surface area contributed by atoms with E-state index in [0.717, 1.165) is 11.4 Å². The highest BCUT2D eigenvalue weighted by Gasteiger charge is 1.98. The molecule has 0 atom stereocenters. The van der Waals surface area contributed by atoms with Gasteiger partial charge >= 0.3 is 0 Å². The predicted molar refractivity (Wildman–Crippen MR) is 55.2 cm³/mol. The van der Waals surface area contributed by atoms with E-state index in [1.165, 1.54) is 0 Å². The maximum atomic E-state index is 5.03. The lowest BCUT2D eigenvalue weighted by Gasteiger charge is -2.12. The Labute approximate surface area is 77.9 Å². The molecule has 0 aromatic heterocycles. The Kier molecular flexibility index (Phi) is 3.09. The zero-order valence-corrected chi connectivity index (χ0v) is 7.60. The predicted octanol–water partition coefficient (Wildman–Crippen LogP) is 2.26. The van der Waals surface area contributed by atoms with Gasteiger partial charge in [-0.3, -0.25) is 0 Å². The topological polar surface area (TPSA) is 24.8 Å². The van der Waals surface area contributed by atoms with Crippen molar-refractivity contribution in [3.63, 3.8) is 0 Å². The third-order valence-electron chi connectivity index (χ3n) is 1.66. The first-order valence-electron chi connectivity index (χ1n) is 3.84. The van der Waals surface area contributed by atoms with Crippen LogP contribution in [0.2, 0.25) is 0 Å². The number of nitrogens with zero attached hydrogens (tertiary/aromatic N) is 2. The van der Waals surface area contributed by atoms with Crippen LogP contribution in [0.4, 0.5) is 5.69 Å². The Morgan fingerprint density at radius 3 is 2.38 bits per heavy atom. The maximum Gasteiger partial charge on any atom is 0.119 e. The largest absolute Gasteiger partial charge is 0.497 e. The molecule has 0 saturated heterocycles. The third kappa shape index (κ3) is 2.08. The number of rotatable bonds is 4. The summed E-state index contributed by atoms with van der Waals surface area (Å²) in [7, 11) is 1.63. The third-order valence-corrected chi connectivity index (χ3v) is 1.66. The van der Waals surface area contributed by atoms with Crippen molar-refractivity contribution in [3.05, 3.63) is 37.0 Å². The molecule has 0 N–H and O–H groups in total. The highest BCUT2D eigenvalue weighted by atomic mass is 16.5. The molecule has 3 heteroatoms. The Hall–Kier alpha value is -1.77. The molecule has 68 valence electrons. The van der Waals surface area contributed by atoms with Crippen LogP contribution in [0.1, 0.15) is 0 Å². The minimum atomic E-state index is 0.817. The van der Waals surface area contributed by atoms with Gasteiger partial charge in [0, 0.05) is 12.9 Å².